The molecule has 1 unspecified atom stereocenters. The summed E-state index contributed by atoms with van der Waals surface area (Å²) in [5.74, 6) is -0.860. The lowest BCUT2D eigenvalue weighted by Crippen LogP contribution is -2.18. The van der Waals surface area contributed by atoms with Gasteiger partial charge in [-0.15, -0.1) is 0 Å². The topological polar surface area (TPSA) is 63.3 Å². The molecule has 0 spiro atoms. The lowest BCUT2D eigenvalue weighted by molar-refractivity contribution is -0.118. The molecule has 1 aromatic rings. The molecule has 0 saturated carbocycles. The van der Waals surface area contributed by atoms with E-state index in [2.05, 4.69) is 6.92 Å². The van der Waals surface area contributed by atoms with Crippen LogP contribution in [-0.2, 0) is 4.79 Å². The third kappa shape index (κ3) is 1.75. The van der Waals surface area contributed by atoms with Gasteiger partial charge in [0.15, 0.2) is 0 Å². The SMILES string of the molecule is [CH2]C(C(N)=O)c1ccc(O)cc1. The fourth-order valence-electron chi connectivity index (χ4n) is 0.871. The zero-order valence-corrected chi connectivity index (χ0v) is 6.53. The van der Waals surface area contributed by atoms with Crippen molar-refractivity contribution < 1.29 is 9.90 Å². The summed E-state index contributed by atoms with van der Waals surface area (Å²) < 4.78 is 0. The molecule has 3 nitrogen and oxygen atoms in total. The Hall–Kier alpha value is -1.51. The number of nitrogens with two attached hydrogens (primary N) is 1. The van der Waals surface area contributed by atoms with Crippen molar-refractivity contribution in [3.05, 3.63) is 36.8 Å². The molecule has 63 valence electrons. The second-order valence-corrected chi connectivity index (χ2v) is 2.55. The van der Waals surface area contributed by atoms with Crippen LogP contribution in [0.5, 0.6) is 5.75 Å². The van der Waals surface area contributed by atoms with E-state index in [1.807, 2.05) is 0 Å². The maximum Gasteiger partial charge on any atom is 0.224 e. The Bertz CT molecular complexity index is 279. The Morgan fingerprint density at radius 3 is 2.33 bits per heavy atom. The van der Waals surface area contributed by atoms with Crippen LogP contribution in [-0.4, -0.2) is 11.0 Å². The number of carbonyl (C=O) groups is 1. The van der Waals surface area contributed by atoms with Gasteiger partial charge in [0, 0.05) is 0 Å². The number of primary amides is 1. The lowest BCUT2D eigenvalue weighted by Gasteiger charge is -2.06. The second kappa shape index (κ2) is 3.26. The van der Waals surface area contributed by atoms with Crippen LogP contribution in [0.2, 0.25) is 0 Å². The third-order valence-electron chi connectivity index (χ3n) is 1.64. The number of hydrogen-bond donors (Lipinski definition) is 2. The van der Waals surface area contributed by atoms with E-state index in [1.165, 1.54) is 12.1 Å². The highest BCUT2D eigenvalue weighted by Gasteiger charge is 2.10. The first kappa shape index (κ1) is 8.59. The van der Waals surface area contributed by atoms with Crippen molar-refractivity contribution in [3.63, 3.8) is 0 Å². The molecule has 0 heterocycles. The van der Waals surface area contributed by atoms with Gasteiger partial charge in [-0.05, 0) is 24.6 Å². The first-order valence-corrected chi connectivity index (χ1v) is 3.52. The van der Waals surface area contributed by atoms with E-state index in [0.717, 1.165) is 0 Å². The van der Waals surface area contributed by atoms with Crippen LogP contribution in [0.1, 0.15) is 11.5 Å². The van der Waals surface area contributed by atoms with E-state index in [9.17, 15) is 4.79 Å². The van der Waals surface area contributed by atoms with Crippen molar-refractivity contribution in [2.24, 2.45) is 5.73 Å². The first-order chi connectivity index (χ1) is 5.61. The number of hydrogen-bond acceptors (Lipinski definition) is 2. The van der Waals surface area contributed by atoms with Crippen LogP contribution in [0.25, 0.3) is 0 Å². The summed E-state index contributed by atoms with van der Waals surface area (Å²) in [4.78, 5) is 10.7. The van der Waals surface area contributed by atoms with Crippen LogP contribution in [0, 0.1) is 6.92 Å². The molecule has 12 heavy (non-hydrogen) atoms. The molecule has 3 N–H and O–H groups in total. The van der Waals surface area contributed by atoms with Crippen LogP contribution < -0.4 is 5.73 Å². The van der Waals surface area contributed by atoms with Gasteiger partial charge in [0.2, 0.25) is 5.91 Å². The maximum atomic E-state index is 10.7. The van der Waals surface area contributed by atoms with E-state index >= 15 is 0 Å². The third-order valence-corrected chi connectivity index (χ3v) is 1.64. The molecule has 0 aliphatic heterocycles. The van der Waals surface area contributed by atoms with E-state index in [-0.39, 0.29) is 5.75 Å². The normalized spacial score (nSPS) is 12.4. The van der Waals surface area contributed by atoms with Gasteiger partial charge in [0.25, 0.3) is 0 Å². The van der Waals surface area contributed by atoms with Gasteiger partial charge in [-0.2, -0.15) is 0 Å². The predicted octanol–water partition coefficient (Wildman–Crippen LogP) is 0.795. The molecule has 1 amide bonds. The molecule has 1 rings (SSSR count). The van der Waals surface area contributed by atoms with Crippen LogP contribution in [0.3, 0.4) is 0 Å². The highest BCUT2D eigenvalue weighted by molar-refractivity contribution is 5.82. The van der Waals surface area contributed by atoms with Crippen molar-refractivity contribution in [2.75, 3.05) is 0 Å². The number of phenolic OH excluding ortho intramolecular Hbond substituents is 1. The van der Waals surface area contributed by atoms with E-state index < -0.39 is 11.8 Å². The largest absolute Gasteiger partial charge is 0.508 e. The van der Waals surface area contributed by atoms with Crippen molar-refractivity contribution in [1.29, 1.82) is 0 Å². The van der Waals surface area contributed by atoms with E-state index in [4.69, 9.17) is 10.8 Å². The minimum atomic E-state index is -0.550. The van der Waals surface area contributed by atoms with Crippen molar-refractivity contribution in [1.82, 2.24) is 0 Å². The zero-order chi connectivity index (χ0) is 9.14. The van der Waals surface area contributed by atoms with Gasteiger partial charge in [-0.3, -0.25) is 4.79 Å². The second-order valence-electron chi connectivity index (χ2n) is 2.55. The smallest absolute Gasteiger partial charge is 0.224 e. The summed E-state index contributed by atoms with van der Waals surface area (Å²) in [5, 5.41) is 8.94. The zero-order valence-electron chi connectivity index (χ0n) is 6.53. The Labute approximate surface area is 70.8 Å². The molecule has 1 atom stereocenters. The van der Waals surface area contributed by atoms with Crippen LogP contribution in [0.4, 0.5) is 0 Å². The summed E-state index contributed by atoms with van der Waals surface area (Å²) in [5.41, 5.74) is 5.75. The summed E-state index contributed by atoms with van der Waals surface area (Å²) in [6.07, 6.45) is 0. The summed E-state index contributed by atoms with van der Waals surface area (Å²) in [6, 6.07) is 6.24. The molecular weight excluding hydrogens is 154 g/mol. The average molecular weight is 164 g/mol. The molecule has 0 aliphatic carbocycles. The minimum absolute atomic E-state index is 0.162. The highest BCUT2D eigenvalue weighted by Crippen LogP contribution is 2.17. The molecule has 1 aromatic carbocycles. The number of amides is 1. The lowest BCUT2D eigenvalue weighted by atomic mass is 10.0. The highest BCUT2D eigenvalue weighted by atomic mass is 16.3. The molecule has 0 fully saturated rings. The van der Waals surface area contributed by atoms with Gasteiger partial charge in [0.05, 0.1) is 5.92 Å². The predicted molar refractivity (Wildman–Crippen MR) is 45.4 cm³/mol. The molecule has 1 radical (unpaired) electrons. The van der Waals surface area contributed by atoms with E-state index in [0.29, 0.717) is 5.56 Å². The van der Waals surface area contributed by atoms with Gasteiger partial charge in [-0.25, -0.2) is 0 Å². The minimum Gasteiger partial charge on any atom is -0.508 e. The van der Waals surface area contributed by atoms with Crippen molar-refractivity contribution >= 4 is 5.91 Å². The number of aromatic hydroxyl groups is 1. The van der Waals surface area contributed by atoms with Crippen LogP contribution in [0.15, 0.2) is 24.3 Å². The molecular formula is C9H10NO2. The standard InChI is InChI=1S/C9H10NO2/c1-6(9(10)12)7-2-4-8(11)5-3-7/h2-6,11H,1H2,(H2,10,12). The Balaban J connectivity index is 2.89. The number of carbonyl (C=O) groups excluding carboxylic acids is 1. The molecule has 0 bridgehead atoms. The maximum absolute atomic E-state index is 10.7. The molecule has 0 aliphatic rings. The fraction of sp³-hybridized carbons (Fsp3) is 0.111. The summed E-state index contributed by atoms with van der Waals surface area (Å²) in [7, 11) is 0. The van der Waals surface area contributed by atoms with Crippen LogP contribution >= 0.6 is 0 Å². The summed E-state index contributed by atoms with van der Waals surface area (Å²) in [6.45, 7) is 3.58. The number of phenols is 1. The molecule has 0 aromatic heterocycles. The Kier molecular flexibility index (Phi) is 2.33. The van der Waals surface area contributed by atoms with Gasteiger partial charge >= 0.3 is 0 Å². The molecule has 0 saturated heterocycles. The van der Waals surface area contributed by atoms with Gasteiger partial charge in [-0.1, -0.05) is 12.1 Å². The van der Waals surface area contributed by atoms with E-state index in [1.54, 1.807) is 12.1 Å². The van der Waals surface area contributed by atoms with Gasteiger partial charge < -0.3 is 10.8 Å². The molecule has 3 heteroatoms. The summed E-state index contributed by atoms with van der Waals surface area (Å²) >= 11 is 0. The number of rotatable bonds is 2. The quantitative estimate of drug-likeness (QED) is 0.678. The van der Waals surface area contributed by atoms with Crippen molar-refractivity contribution in [3.8, 4) is 5.75 Å². The van der Waals surface area contributed by atoms with Crippen molar-refractivity contribution in [2.45, 2.75) is 5.92 Å². The Morgan fingerprint density at radius 1 is 1.42 bits per heavy atom. The fourth-order valence-corrected chi connectivity index (χ4v) is 0.871. The Morgan fingerprint density at radius 2 is 1.92 bits per heavy atom. The average Bonchev–Trinajstić information content (AvgIpc) is 2.04. The number of benzene rings is 1. The first-order valence-electron chi connectivity index (χ1n) is 3.52. The monoisotopic (exact) mass is 164 g/mol. The van der Waals surface area contributed by atoms with Gasteiger partial charge in [0.1, 0.15) is 5.75 Å².